The zero-order chi connectivity index (χ0) is 16.2. The maximum Gasteiger partial charge on any atom is 0.323 e. The third-order valence-corrected chi connectivity index (χ3v) is 7.08. The number of carbonyl (C=O) groups excluding carboxylic acids is 1. The third-order valence-electron chi connectivity index (χ3n) is 3.89. The second-order valence-electron chi connectivity index (χ2n) is 5.50. The van der Waals surface area contributed by atoms with Gasteiger partial charge >= 0.3 is 5.97 Å². The fourth-order valence-corrected chi connectivity index (χ4v) is 5.48. The molecule has 0 bridgehead atoms. The maximum absolute atomic E-state index is 12.4. The minimum absolute atomic E-state index is 0.107. The topological polar surface area (TPSA) is 72.5 Å². The summed E-state index contributed by atoms with van der Waals surface area (Å²) in [5.41, 5.74) is 0. The predicted octanol–water partition coefficient (Wildman–Crippen LogP) is 3.19. The minimum atomic E-state index is -3.76. The first-order valence-electron chi connectivity index (χ1n) is 7.28. The fraction of sp³-hybridized carbons (Fsp3) is 0.643. The lowest BCUT2D eigenvalue weighted by atomic mass is 9.85. The lowest BCUT2D eigenvalue weighted by Gasteiger charge is -2.25. The summed E-state index contributed by atoms with van der Waals surface area (Å²) in [6, 6.07) is 2.11. The van der Waals surface area contributed by atoms with Crippen LogP contribution in [0.4, 0.5) is 0 Å². The van der Waals surface area contributed by atoms with Crippen molar-refractivity contribution in [2.45, 2.75) is 48.8 Å². The van der Waals surface area contributed by atoms with Crippen LogP contribution >= 0.6 is 22.9 Å². The smallest absolute Gasteiger partial charge is 0.323 e. The Morgan fingerprint density at radius 3 is 2.64 bits per heavy atom. The third kappa shape index (κ3) is 4.68. The zero-order valence-corrected chi connectivity index (χ0v) is 14.8. The molecule has 1 aromatic heterocycles. The van der Waals surface area contributed by atoms with Crippen molar-refractivity contribution in [3.05, 3.63) is 16.5 Å². The van der Waals surface area contributed by atoms with Crippen LogP contribution in [0.5, 0.6) is 0 Å². The summed E-state index contributed by atoms with van der Waals surface area (Å²) in [6.07, 6.45) is 6.00. The highest BCUT2D eigenvalue weighted by Gasteiger charge is 2.30. The highest BCUT2D eigenvalue weighted by Crippen LogP contribution is 2.29. The molecule has 0 saturated heterocycles. The van der Waals surface area contributed by atoms with Gasteiger partial charge in [0.05, 0.1) is 11.4 Å². The van der Waals surface area contributed by atoms with Gasteiger partial charge in [-0.05, 0) is 24.5 Å². The van der Waals surface area contributed by atoms with E-state index < -0.39 is 22.0 Å². The van der Waals surface area contributed by atoms with Crippen molar-refractivity contribution in [2.24, 2.45) is 5.92 Å². The Morgan fingerprint density at radius 1 is 1.41 bits per heavy atom. The molecule has 1 aliphatic carbocycles. The molecule has 1 atom stereocenters. The van der Waals surface area contributed by atoms with Crippen LogP contribution in [-0.4, -0.2) is 27.5 Å². The van der Waals surface area contributed by atoms with Crippen LogP contribution in [0.15, 0.2) is 16.3 Å². The second-order valence-corrected chi connectivity index (χ2v) is 9.15. The Kier molecular flexibility index (Phi) is 6.26. The van der Waals surface area contributed by atoms with Crippen molar-refractivity contribution < 1.29 is 17.9 Å². The van der Waals surface area contributed by atoms with Crippen LogP contribution in [0.1, 0.15) is 38.5 Å². The van der Waals surface area contributed by atoms with E-state index >= 15 is 0 Å². The Labute approximate surface area is 140 Å². The molecule has 124 valence electrons. The Morgan fingerprint density at radius 2 is 2.09 bits per heavy atom. The van der Waals surface area contributed by atoms with Gasteiger partial charge in [-0.25, -0.2) is 8.42 Å². The molecule has 1 heterocycles. The van der Waals surface area contributed by atoms with Gasteiger partial charge in [-0.1, -0.05) is 43.7 Å². The molecule has 0 radical (unpaired) electrons. The van der Waals surface area contributed by atoms with Gasteiger partial charge in [0.25, 0.3) is 10.0 Å². The van der Waals surface area contributed by atoms with E-state index in [1.165, 1.54) is 25.7 Å². The molecule has 1 saturated carbocycles. The Bertz CT molecular complexity index is 608. The predicted molar refractivity (Wildman–Crippen MR) is 86.6 cm³/mol. The number of ether oxygens (including phenoxy) is 1. The van der Waals surface area contributed by atoms with Crippen molar-refractivity contribution in [1.29, 1.82) is 0 Å². The average Bonchev–Trinajstić information content (AvgIpc) is 2.94. The molecule has 1 fully saturated rings. The van der Waals surface area contributed by atoms with Crippen LogP contribution in [0.3, 0.4) is 0 Å². The molecule has 1 unspecified atom stereocenters. The van der Waals surface area contributed by atoms with E-state index in [1.807, 2.05) is 0 Å². The number of carbonyl (C=O) groups is 1. The number of sulfonamides is 1. The molecule has 0 spiro atoms. The van der Waals surface area contributed by atoms with Crippen LogP contribution in [0.2, 0.25) is 4.34 Å². The number of thiophene rings is 1. The molecule has 2 rings (SSSR count). The molecule has 22 heavy (non-hydrogen) atoms. The lowest BCUT2D eigenvalue weighted by Crippen LogP contribution is -2.42. The first kappa shape index (κ1) is 17.7. The van der Waals surface area contributed by atoms with E-state index in [4.69, 9.17) is 16.3 Å². The normalized spacial score (nSPS) is 18.1. The van der Waals surface area contributed by atoms with E-state index in [0.717, 1.165) is 37.0 Å². The quantitative estimate of drug-likeness (QED) is 0.786. The number of hydrogen-bond acceptors (Lipinski definition) is 5. The monoisotopic (exact) mass is 365 g/mol. The Hall–Kier alpha value is -0.630. The summed E-state index contributed by atoms with van der Waals surface area (Å²) >= 11 is 6.75. The highest BCUT2D eigenvalue weighted by molar-refractivity contribution is 7.91. The molecule has 1 aliphatic rings. The van der Waals surface area contributed by atoms with Crippen molar-refractivity contribution in [3.63, 3.8) is 0 Å². The molecule has 1 N–H and O–H groups in total. The van der Waals surface area contributed by atoms with Crippen LogP contribution < -0.4 is 4.72 Å². The average molecular weight is 366 g/mol. The highest BCUT2D eigenvalue weighted by atomic mass is 35.5. The summed E-state index contributed by atoms with van der Waals surface area (Å²) < 4.78 is 32.4. The number of esters is 1. The number of hydrogen-bond donors (Lipinski definition) is 1. The van der Waals surface area contributed by atoms with Gasteiger partial charge < -0.3 is 4.74 Å². The standard InChI is InChI=1S/C14H20ClNO4S2/c1-20-14(17)11(9-10-5-3-2-4-6-10)16-22(18,19)13-8-7-12(15)21-13/h7-8,10-11,16H,2-6,9H2,1H3. The van der Waals surface area contributed by atoms with Gasteiger partial charge in [0.1, 0.15) is 10.3 Å². The van der Waals surface area contributed by atoms with Crippen molar-refractivity contribution in [1.82, 2.24) is 4.72 Å². The molecule has 0 aliphatic heterocycles. The summed E-state index contributed by atoms with van der Waals surface area (Å²) in [7, 11) is -2.49. The first-order chi connectivity index (χ1) is 10.4. The molecule has 8 heteroatoms. The summed E-state index contributed by atoms with van der Waals surface area (Å²) in [4.78, 5) is 11.9. The second kappa shape index (κ2) is 7.77. The van der Waals surface area contributed by atoms with E-state index in [9.17, 15) is 13.2 Å². The molecular weight excluding hydrogens is 346 g/mol. The van der Waals surface area contributed by atoms with E-state index in [-0.39, 0.29) is 4.21 Å². The summed E-state index contributed by atoms with van der Waals surface area (Å²) in [5, 5.41) is 0. The summed E-state index contributed by atoms with van der Waals surface area (Å²) in [5.74, 6) is -0.190. The van der Waals surface area contributed by atoms with Crippen molar-refractivity contribution in [3.8, 4) is 0 Å². The number of halogens is 1. The molecule has 5 nitrogen and oxygen atoms in total. The first-order valence-corrected chi connectivity index (χ1v) is 9.95. The number of nitrogens with one attached hydrogen (secondary N) is 1. The zero-order valence-electron chi connectivity index (χ0n) is 12.4. The van der Waals surface area contributed by atoms with Gasteiger partial charge in [-0.2, -0.15) is 4.72 Å². The minimum Gasteiger partial charge on any atom is -0.468 e. The van der Waals surface area contributed by atoms with Crippen molar-refractivity contribution >= 4 is 38.9 Å². The van der Waals surface area contributed by atoms with Gasteiger partial charge in [0.15, 0.2) is 0 Å². The fourth-order valence-electron chi connectivity index (χ4n) is 2.78. The molecule has 0 amide bonds. The largest absolute Gasteiger partial charge is 0.468 e. The molecular formula is C14H20ClNO4S2. The van der Waals surface area contributed by atoms with Crippen LogP contribution in [0, 0.1) is 5.92 Å². The van der Waals surface area contributed by atoms with Crippen LogP contribution in [-0.2, 0) is 19.6 Å². The SMILES string of the molecule is COC(=O)C(CC1CCCCC1)NS(=O)(=O)c1ccc(Cl)s1. The van der Waals surface area contributed by atoms with Crippen LogP contribution in [0.25, 0.3) is 0 Å². The molecule has 0 aromatic carbocycles. The number of rotatable bonds is 6. The van der Waals surface area contributed by atoms with Crippen molar-refractivity contribution in [2.75, 3.05) is 7.11 Å². The van der Waals surface area contributed by atoms with E-state index in [1.54, 1.807) is 0 Å². The van der Waals surface area contributed by atoms with Gasteiger partial charge in [-0.3, -0.25) is 4.79 Å². The lowest BCUT2D eigenvalue weighted by molar-refractivity contribution is -0.143. The van der Waals surface area contributed by atoms with Gasteiger partial charge in [0.2, 0.25) is 0 Å². The summed E-state index contributed by atoms with van der Waals surface area (Å²) in [6.45, 7) is 0. The maximum atomic E-state index is 12.4. The van der Waals surface area contributed by atoms with Gasteiger partial charge in [0, 0.05) is 0 Å². The number of methoxy groups -OCH3 is 1. The Balaban J connectivity index is 2.10. The van der Waals surface area contributed by atoms with E-state index in [0.29, 0.717) is 16.7 Å². The molecule has 1 aromatic rings. The van der Waals surface area contributed by atoms with Gasteiger partial charge in [-0.15, -0.1) is 11.3 Å². The van der Waals surface area contributed by atoms with E-state index in [2.05, 4.69) is 4.72 Å².